The summed E-state index contributed by atoms with van der Waals surface area (Å²) >= 11 is 1.45. The Hall–Kier alpha value is -3.43. The number of fused-ring (bicyclic) bond motifs is 1. The van der Waals surface area contributed by atoms with Gasteiger partial charge < -0.3 is 9.30 Å². The van der Waals surface area contributed by atoms with Crippen LogP contribution in [0.25, 0.3) is 10.2 Å². The van der Waals surface area contributed by atoms with E-state index in [1.165, 1.54) is 39.9 Å². The van der Waals surface area contributed by atoms with Crippen molar-refractivity contribution in [1.82, 2.24) is 4.57 Å². The molecule has 3 aromatic carbocycles. The molecular weight excluding hydrogens is 494 g/mol. The maximum absolute atomic E-state index is 13.2. The standard InChI is InChI=1S/C27H29N3O4S2/c1-5-18-29-24-23(34-4)17-12-19(3)25(24)35-27(29)28-26(31)20-13-15-22(16-14-20)36(32,33)30(6-2)21-10-8-7-9-11-21/h7-17H,5-6,18H2,1-4H3. The lowest BCUT2D eigenvalue weighted by atomic mass is 10.2. The molecule has 0 atom stereocenters. The Morgan fingerprint density at radius 1 is 1.03 bits per heavy atom. The summed E-state index contributed by atoms with van der Waals surface area (Å²) < 4.78 is 36.5. The number of hydrogen-bond donors (Lipinski definition) is 0. The molecule has 0 saturated carbocycles. The number of aromatic nitrogens is 1. The van der Waals surface area contributed by atoms with Gasteiger partial charge >= 0.3 is 0 Å². The van der Waals surface area contributed by atoms with Gasteiger partial charge in [0.15, 0.2) is 4.80 Å². The molecule has 0 N–H and O–H groups in total. The van der Waals surface area contributed by atoms with Crippen LogP contribution in [-0.4, -0.2) is 32.5 Å². The van der Waals surface area contributed by atoms with Gasteiger partial charge in [0.1, 0.15) is 11.3 Å². The van der Waals surface area contributed by atoms with Gasteiger partial charge in [-0.2, -0.15) is 4.99 Å². The van der Waals surface area contributed by atoms with Crippen molar-refractivity contribution >= 4 is 43.2 Å². The van der Waals surface area contributed by atoms with Gasteiger partial charge in [0.05, 0.1) is 22.4 Å². The smallest absolute Gasteiger partial charge is 0.279 e. The van der Waals surface area contributed by atoms with Gasteiger partial charge in [-0.15, -0.1) is 0 Å². The molecule has 4 rings (SSSR count). The van der Waals surface area contributed by atoms with Gasteiger partial charge in [-0.25, -0.2) is 8.42 Å². The van der Waals surface area contributed by atoms with Gasteiger partial charge in [0.2, 0.25) is 0 Å². The van der Waals surface area contributed by atoms with Crippen LogP contribution in [0.1, 0.15) is 36.2 Å². The second-order valence-corrected chi connectivity index (χ2v) is 11.1. The number of carbonyl (C=O) groups is 1. The van der Waals surface area contributed by atoms with E-state index in [9.17, 15) is 13.2 Å². The van der Waals surface area contributed by atoms with E-state index >= 15 is 0 Å². The van der Waals surface area contributed by atoms with Crippen LogP contribution < -0.4 is 13.8 Å². The van der Waals surface area contributed by atoms with Crippen molar-refractivity contribution in [3.8, 4) is 5.75 Å². The number of rotatable bonds is 8. The number of methoxy groups -OCH3 is 1. The summed E-state index contributed by atoms with van der Waals surface area (Å²) in [6.45, 7) is 6.85. The van der Waals surface area contributed by atoms with E-state index in [1.807, 2.05) is 29.7 Å². The summed E-state index contributed by atoms with van der Waals surface area (Å²) in [7, 11) is -2.14. The first-order valence-corrected chi connectivity index (χ1v) is 14.0. The normalized spacial score (nSPS) is 12.2. The Bertz CT molecular complexity index is 1550. The van der Waals surface area contributed by atoms with Crippen molar-refractivity contribution in [1.29, 1.82) is 0 Å². The predicted octanol–water partition coefficient (Wildman–Crippen LogP) is 5.39. The minimum Gasteiger partial charge on any atom is -0.495 e. The molecule has 0 aliphatic heterocycles. The molecule has 9 heteroatoms. The minimum atomic E-state index is -3.77. The quantitative estimate of drug-likeness (QED) is 0.310. The largest absolute Gasteiger partial charge is 0.495 e. The number of anilines is 1. The minimum absolute atomic E-state index is 0.119. The van der Waals surface area contributed by atoms with Gasteiger partial charge in [-0.3, -0.25) is 9.10 Å². The molecule has 1 aromatic heterocycles. The Labute approximate surface area is 215 Å². The molecule has 7 nitrogen and oxygen atoms in total. The third-order valence-corrected chi connectivity index (χ3v) is 9.00. The summed E-state index contributed by atoms with van der Waals surface area (Å²) in [5.74, 6) is 0.310. The van der Waals surface area contributed by atoms with E-state index in [-0.39, 0.29) is 11.4 Å². The van der Waals surface area contributed by atoms with Crippen molar-refractivity contribution in [2.45, 2.75) is 38.6 Å². The average molecular weight is 524 g/mol. The van der Waals surface area contributed by atoms with Crippen LogP contribution in [-0.2, 0) is 16.6 Å². The number of aryl methyl sites for hydroxylation is 2. The third kappa shape index (κ3) is 4.81. The molecule has 0 bridgehead atoms. The maximum atomic E-state index is 13.2. The van der Waals surface area contributed by atoms with Crippen molar-refractivity contribution < 1.29 is 17.9 Å². The fourth-order valence-corrected chi connectivity index (χ4v) is 6.71. The number of sulfonamides is 1. The number of nitrogens with zero attached hydrogens (tertiary/aromatic N) is 3. The molecule has 0 radical (unpaired) electrons. The van der Waals surface area contributed by atoms with E-state index in [2.05, 4.69) is 11.9 Å². The third-order valence-electron chi connectivity index (χ3n) is 5.87. The Kier molecular flexibility index (Phi) is 7.61. The highest BCUT2D eigenvalue weighted by atomic mass is 32.2. The molecule has 0 fully saturated rings. The molecule has 0 unspecified atom stereocenters. The average Bonchev–Trinajstić information content (AvgIpc) is 3.24. The maximum Gasteiger partial charge on any atom is 0.279 e. The summed E-state index contributed by atoms with van der Waals surface area (Å²) in [4.78, 5) is 18.2. The number of benzene rings is 3. The molecule has 1 heterocycles. The van der Waals surface area contributed by atoms with E-state index in [0.717, 1.165) is 28.0 Å². The van der Waals surface area contributed by atoms with Gasteiger partial charge in [-0.05, 0) is 68.3 Å². The lowest BCUT2D eigenvalue weighted by Gasteiger charge is -2.22. The van der Waals surface area contributed by atoms with Crippen molar-refractivity contribution in [2.75, 3.05) is 18.0 Å². The van der Waals surface area contributed by atoms with Crippen molar-refractivity contribution in [3.63, 3.8) is 0 Å². The Morgan fingerprint density at radius 2 is 1.72 bits per heavy atom. The van der Waals surface area contributed by atoms with E-state index in [4.69, 9.17) is 4.74 Å². The molecule has 1 amide bonds. The first-order valence-electron chi connectivity index (χ1n) is 11.8. The van der Waals surface area contributed by atoms with Gasteiger partial charge in [0, 0.05) is 18.7 Å². The Balaban J connectivity index is 1.71. The van der Waals surface area contributed by atoms with Gasteiger partial charge in [-0.1, -0.05) is 42.5 Å². The fraction of sp³-hybridized carbons (Fsp3) is 0.259. The fourth-order valence-electron chi connectivity index (χ4n) is 4.09. The monoisotopic (exact) mass is 523 g/mol. The predicted molar refractivity (Wildman–Crippen MR) is 144 cm³/mol. The molecule has 188 valence electrons. The highest BCUT2D eigenvalue weighted by molar-refractivity contribution is 7.92. The van der Waals surface area contributed by atoms with Crippen LogP contribution >= 0.6 is 11.3 Å². The van der Waals surface area contributed by atoms with E-state index < -0.39 is 15.9 Å². The zero-order valence-corrected chi connectivity index (χ0v) is 22.4. The molecule has 0 spiro atoms. The van der Waals surface area contributed by atoms with Crippen molar-refractivity contribution in [3.05, 3.63) is 82.7 Å². The van der Waals surface area contributed by atoms with Crippen LogP contribution in [0.2, 0.25) is 0 Å². The molecule has 0 aliphatic carbocycles. The Morgan fingerprint density at radius 3 is 2.33 bits per heavy atom. The molecule has 36 heavy (non-hydrogen) atoms. The molecule has 0 aliphatic rings. The molecule has 4 aromatic rings. The van der Waals surface area contributed by atoms with Gasteiger partial charge in [0.25, 0.3) is 15.9 Å². The highest BCUT2D eigenvalue weighted by Crippen LogP contribution is 2.30. The van der Waals surface area contributed by atoms with Crippen LogP contribution in [0, 0.1) is 6.92 Å². The summed E-state index contributed by atoms with van der Waals surface area (Å²) in [5, 5.41) is 0. The van der Waals surface area contributed by atoms with E-state index in [1.54, 1.807) is 38.3 Å². The number of thiazole rings is 1. The summed E-state index contributed by atoms with van der Waals surface area (Å²) in [6.07, 6.45) is 0.867. The highest BCUT2D eigenvalue weighted by Gasteiger charge is 2.24. The SMILES string of the molecule is CCCn1c(=NC(=O)c2ccc(S(=O)(=O)N(CC)c3ccccc3)cc2)sc2c(C)ccc(OC)c21. The number of carbonyl (C=O) groups excluding carboxylic acids is 1. The number of amides is 1. The zero-order chi connectivity index (χ0) is 25.9. The second kappa shape index (κ2) is 10.7. The number of para-hydroxylation sites is 1. The zero-order valence-electron chi connectivity index (χ0n) is 20.8. The topological polar surface area (TPSA) is 81.0 Å². The number of ether oxygens (including phenoxy) is 1. The summed E-state index contributed by atoms with van der Waals surface area (Å²) in [6, 6.07) is 18.8. The first-order chi connectivity index (χ1) is 17.3. The van der Waals surface area contributed by atoms with Crippen LogP contribution in [0.4, 0.5) is 5.69 Å². The van der Waals surface area contributed by atoms with Crippen LogP contribution in [0.3, 0.4) is 0 Å². The lowest BCUT2D eigenvalue weighted by Crippen LogP contribution is -2.30. The van der Waals surface area contributed by atoms with Crippen molar-refractivity contribution in [2.24, 2.45) is 4.99 Å². The summed E-state index contributed by atoms with van der Waals surface area (Å²) in [5.41, 5.74) is 2.92. The molecular formula is C27H29N3O4S2. The first kappa shape index (κ1) is 25.7. The van der Waals surface area contributed by atoms with Crippen LogP contribution in [0.15, 0.2) is 76.6 Å². The van der Waals surface area contributed by atoms with E-state index in [0.29, 0.717) is 22.6 Å². The number of hydrogen-bond acceptors (Lipinski definition) is 5. The molecule has 0 saturated heterocycles. The second-order valence-electron chi connectivity index (χ2n) is 8.25. The van der Waals surface area contributed by atoms with Crippen LogP contribution in [0.5, 0.6) is 5.75 Å². The lowest BCUT2D eigenvalue weighted by molar-refractivity contribution is 0.0997.